The average molecular weight is 372 g/mol. The van der Waals surface area contributed by atoms with Gasteiger partial charge in [-0.1, -0.05) is 36.8 Å². The summed E-state index contributed by atoms with van der Waals surface area (Å²) in [7, 11) is 0. The second kappa shape index (κ2) is 7.60. The highest BCUT2D eigenvalue weighted by molar-refractivity contribution is 5.84. The number of nitrogens with one attached hydrogen (secondary N) is 2. The van der Waals surface area contributed by atoms with E-state index in [4.69, 9.17) is 4.42 Å². The minimum Gasteiger partial charge on any atom is -0.440 e. The number of halogens is 2. The van der Waals surface area contributed by atoms with Crippen molar-refractivity contribution in [3.8, 4) is 0 Å². The van der Waals surface area contributed by atoms with Crippen LogP contribution < -0.4 is 10.6 Å². The molecule has 1 aliphatic heterocycles. The topological polar surface area (TPSA) is 63.0 Å². The maximum atomic E-state index is 14.5. The number of benzene rings is 1. The number of rotatable bonds is 6. The van der Waals surface area contributed by atoms with E-state index in [9.17, 15) is 8.78 Å². The first-order chi connectivity index (χ1) is 13.1. The van der Waals surface area contributed by atoms with Crippen LogP contribution in [0.15, 0.2) is 47.0 Å². The maximum Gasteiger partial charge on any atom is 0.279 e. The molecule has 2 aromatic heterocycles. The molecule has 142 valence electrons. The third-order valence-corrected chi connectivity index (χ3v) is 4.86. The number of piperidine rings is 1. The zero-order chi connectivity index (χ0) is 18.7. The SMILES string of the molecule is FC(F)(CNc1nccc2oc(Cc3ccccc3)nc12)C1CCCCN1. The van der Waals surface area contributed by atoms with Gasteiger partial charge in [-0.15, -0.1) is 0 Å². The number of pyridine rings is 1. The first-order valence-corrected chi connectivity index (χ1v) is 9.25. The Bertz CT molecular complexity index is 891. The van der Waals surface area contributed by atoms with Crippen LogP contribution in [0.1, 0.15) is 30.7 Å². The fraction of sp³-hybridized carbons (Fsp3) is 0.400. The molecular formula is C20H22F2N4O. The Kier molecular flexibility index (Phi) is 5.03. The minimum atomic E-state index is -2.86. The van der Waals surface area contributed by atoms with Gasteiger partial charge in [-0.2, -0.15) is 0 Å². The van der Waals surface area contributed by atoms with Crippen molar-refractivity contribution >= 4 is 16.9 Å². The lowest BCUT2D eigenvalue weighted by Crippen LogP contribution is -2.51. The van der Waals surface area contributed by atoms with Crippen molar-refractivity contribution in [3.05, 3.63) is 54.0 Å². The van der Waals surface area contributed by atoms with Crippen LogP contribution in [0.5, 0.6) is 0 Å². The van der Waals surface area contributed by atoms with Gasteiger partial charge >= 0.3 is 0 Å². The van der Waals surface area contributed by atoms with E-state index < -0.39 is 18.5 Å². The zero-order valence-corrected chi connectivity index (χ0v) is 14.9. The van der Waals surface area contributed by atoms with Crippen LogP contribution in [0.25, 0.3) is 11.1 Å². The highest BCUT2D eigenvalue weighted by atomic mass is 19.3. The molecule has 3 aromatic rings. The number of aromatic nitrogens is 2. The monoisotopic (exact) mass is 372 g/mol. The van der Waals surface area contributed by atoms with Crippen LogP contribution in [0, 0.1) is 0 Å². The van der Waals surface area contributed by atoms with Crippen LogP contribution >= 0.6 is 0 Å². The smallest absolute Gasteiger partial charge is 0.279 e. The Morgan fingerprint density at radius 1 is 1.19 bits per heavy atom. The van der Waals surface area contributed by atoms with Crippen molar-refractivity contribution in [3.63, 3.8) is 0 Å². The normalized spacial score (nSPS) is 17.9. The summed E-state index contributed by atoms with van der Waals surface area (Å²) >= 11 is 0. The van der Waals surface area contributed by atoms with Gasteiger partial charge in [0.15, 0.2) is 22.8 Å². The van der Waals surface area contributed by atoms with E-state index in [-0.39, 0.29) is 0 Å². The van der Waals surface area contributed by atoms with Crippen molar-refractivity contribution in [1.29, 1.82) is 0 Å². The predicted molar refractivity (Wildman–Crippen MR) is 100 cm³/mol. The first kappa shape index (κ1) is 17.9. The summed E-state index contributed by atoms with van der Waals surface area (Å²) in [5.74, 6) is -2.00. The molecule has 4 rings (SSSR count). The average Bonchev–Trinajstić information content (AvgIpc) is 3.11. The number of nitrogens with zero attached hydrogens (tertiary/aromatic N) is 2. The van der Waals surface area contributed by atoms with E-state index in [1.54, 1.807) is 12.3 Å². The number of hydrogen-bond acceptors (Lipinski definition) is 5. The Hall–Kier alpha value is -2.54. The molecule has 0 spiro atoms. The molecule has 1 unspecified atom stereocenters. The predicted octanol–water partition coefficient (Wildman–Crippen LogP) is 4.00. The molecule has 0 bridgehead atoms. The Balaban J connectivity index is 1.50. The maximum absolute atomic E-state index is 14.5. The number of anilines is 1. The number of hydrogen-bond donors (Lipinski definition) is 2. The molecular weight excluding hydrogens is 350 g/mol. The quantitative estimate of drug-likeness (QED) is 0.685. The molecule has 5 nitrogen and oxygen atoms in total. The molecule has 0 radical (unpaired) electrons. The largest absolute Gasteiger partial charge is 0.440 e. The van der Waals surface area contributed by atoms with E-state index in [1.165, 1.54) is 0 Å². The summed E-state index contributed by atoms with van der Waals surface area (Å²) in [6.07, 6.45) is 4.34. The van der Waals surface area contributed by atoms with Crippen LogP contribution in [0.4, 0.5) is 14.6 Å². The van der Waals surface area contributed by atoms with Crippen molar-refractivity contribution in [2.45, 2.75) is 37.6 Å². The summed E-state index contributed by atoms with van der Waals surface area (Å²) in [5, 5.41) is 5.70. The second-order valence-electron chi connectivity index (χ2n) is 6.89. The molecule has 7 heteroatoms. The molecule has 0 aliphatic carbocycles. The first-order valence-electron chi connectivity index (χ1n) is 9.25. The third kappa shape index (κ3) is 4.08. The second-order valence-corrected chi connectivity index (χ2v) is 6.89. The van der Waals surface area contributed by atoms with E-state index in [0.717, 1.165) is 18.4 Å². The fourth-order valence-corrected chi connectivity index (χ4v) is 3.41. The van der Waals surface area contributed by atoms with E-state index in [1.807, 2.05) is 30.3 Å². The summed E-state index contributed by atoms with van der Waals surface area (Å²) in [5.41, 5.74) is 2.09. The summed E-state index contributed by atoms with van der Waals surface area (Å²) in [6, 6.07) is 10.7. The molecule has 0 amide bonds. The van der Waals surface area contributed by atoms with Gasteiger partial charge in [0.25, 0.3) is 5.92 Å². The molecule has 1 aromatic carbocycles. The van der Waals surface area contributed by atoms with Crippen molar-refractivity contribution < 1.29 is 13.2 Å². The van der Waals surface area contributed by atoms with E-state index in [2.05, 4.69) is 20.6 Å². The molecule has 2 N–H and O–H groups in total. The Morgan fingerprint density at radius 3 is 2.81 bits per heavy atom. The number of alkyl halides is 2. The molecule has 1 saturated heterocycles. The Labute approximate surface area is 156 Å². The molecule has 3 heterocycles. The molecule has 1 atom stereocenters. The van der Waals surface area contributed by atoms with E-state index >= 15 is 0 Å². The van der Waals surface area contributed by atoms with E-state index in [0.29, 0.717) is 42.2 Å². The van der Waals surface area contributed by atoms with Gasteiger partial charge in [-0.25, -0.2) is 18.7 Å². The van der Waals surface area contributed by atoms with Gasteiger partial charge in [0, 0.05) is 18.7 Å². The van der Waals surface area contributed by atoms with Crippen LogP contribution in [0.2, 0.25) is 0 Å². The van der Waals surface area contributed by atoms with Crippen molar-refractivity contribution in [1.82, 2.24) is 15.3 Å². The summed E-state index contributed by atoms with van der Waals surface area (Å²) in [4.78, 5) is 8.66. The molecule has 1 fully saturated rings. The number of oxazole rings is 1. The standard InChI is InChI=1S/C20H22F2N4O/c21-20(22,16-8-4-5-10-23-16)13-25-19-18-15(9-11-24-19)27-17(26-18)12-14-6-2-1-3-7-14/h1-3,6-7,9,11,16,23H,4-5,8,10,12-13H2,(H,24,25). The number of fused-ring (bicyclic) bond motifs is 1. The highest BCUT2D eigenvalue weighted by Gasteiger charge is 2.39. The molecule has 27 heavy (non-hydrogen) atoms. The van der Waals surface area contributed by atoms with Crippen molar-refractivity contribution in [2.24, 2.45) is 0 Å². The summed E-state index contributed by atoms with van der Waals surface area (Å²) < 4.78 is 34.8. The molecule has 0 saturated carbocycles. The lowest BCUT2D eigenvalue weighted by atomic mass is 9.99. The summed E-state index contributed by atoms with van der Waals surface area (Å²) in [6.45, 7) is 0.151. The van der Waals surface area contributed by atoms with Gasteiger partial charge in [0.2, 0.25) is 0 Å². The zero-order valence-electron chi connectivity index (χ0n) is 14.9. The van der Waals surface area contributed by atoms with Crippen LogP contribution in [-0.4, -0.2) is 35.0 Å². The van der Waals surface area contributed by atoms with Crippen molar-refractivity contribution in [2.75, 3.05) is 18.4 Å². The van der Waals surface area contributed by atoms with Crippen LogP contribution in [-0.2, 0) is 6.42 Å². The minimum absolute atomic E-state index is 0.325. The van der Waals surface area contributed by atoms with Gasteiger partial charge in [0.1, 0.15) is 0 Å². The third-order valence-electron chi connectivity index (χ3n) is 4.86. The van der Waals surface area contributed by atoms with Gasteiger partial charge in [0.05, 0.1) is 12.6 Å². The Morgan fingerprint density at radius 2 is 2.04 bits per heavy atom. The fourth-order valence-electron chi connectivity index (χ4n) is 3.41. The molecule has 1 aliphatic rings. The lowest BCUT2D eigenvalue weighted by molar-refractivity contribution is -0.0319. The van der Waals surface area contributed by atoms with Gasteiger partial charge in [-0.05, 0) is 24.9 Å². The lowest BCUT2D eigenvalue weighted by Gasteiger charge is -2.31. The van der Waals surface area contributed by atoms with Crippen LogP contribution in [0.3, 0.4) is 0 Å². The van der Waals surface area contributed by atoms with Gasteiger partial charge < -0.3 is 15.1 Å². The highest BCUT2D eigenvalue weighted by Crippen LogP contribution is 2.27. The van der Waals surface area contributed by atoms with Gasteiger partial charge in [-0.3, -0.25) is 0 Å².